The zero-order valence-corrected chi connectivity index (χ0v) is 12.3. The first kappa shape index (κ1) is 15.6. The molecule has 1 aromatic carbocycles. The third kappa shape index (κ3) is 3.47. The van der Waals surface area contributed by atoms with Crippen molar-refractivity contribution in [3.05, 3.63) is 35.4 Å². The fourth-order valence-corrected chi connectivity index (χ4v) is 1.89. The van der Waals surface area contributed by atoms with Gasteiger partial charge in [0.25, 0.3) is 11.8 Å². The van der Waals surface area contributed by atoms with Crippen LogP contribution in [0.25, 0.3) is 6.08 Å². The minimum absolute atomic E-state index is 0.0321. The van der Waals surface area contributed by atoms with Crippen molar-refractivity contribution in [2.45, 2.75) is 0 Å². The van der Waals surface area contributed by atoms with Gasteiger partial charge >= 0.3 is 5.97 Å². The molecule has 7 nitrogen and oxygen atoms in total. The van der Waals surface area contributed by atoms with Gasteiger partial charge in [-0.25, -0.2) is 4.79 Å². The molecule has 2 N–H and O–H groups in total. The molecule has 8 heteroatoms. The van der Waals surface area contributed by atoms with Crippen LogP contribution in [0.4, 0.5) is 0 Å². The van der Waals surface area contributed by atoms with E-state index in [0.717, 1.165) is 0 Å². The number of ether oxygens (including phenoxy) is 1. The van der Waals surface area contributed by atoms with E-state index in [2.05, 4.69) is 5.32 Å². The van der Waals surface area contributed by atoms with Crippen LogP contribution in [0.15, 0.2) is 29.8 Å². The van der Waals surface area contributed by atoms with Gasteiger partial charge in [0.2, 0.25) is 0 Å². The number of aliphatic carboxylic acids is 1. The largest absolute Gasteiger partial charge is 0.482 e. The van der Waals surface area contributed by atoms with E-state index < -0.39 is 24.4 Å². The van der Waals surface area contributed by atoms with Gasteiger partial charge in [-0.3, -0.25) is 19.8 Å². The normalized spacial score (nSPS) is 16.7. The average molecular weight is 320 g/mol. The number of nitrogens with zero attached hydrogens (tertiary/aromatic N) is 1. The molecule has 0 aromatic heterocycles. The molecule has 2 amide bonds. The Morgan fingerprint density at radius 3 is 2.59 bits per heavy atom. The molecule has 0 spiro atoms. The van der Waals surface area contributed by atoms with E-state index in [1.54, 1.807) is 24.3 Å². The van der Waals surface area contributed by atoms with E-state index >= 15 is 0 Å². The zero-order valence-electron chi connectivity index (χ0n) is 11.5. The lowest BCUT2D eigenvalue weighted by Gasteiger charge is -2.25. The maximum atomic E-state index is 12.0. The summed E-state index contributed by atoms with van der Waals surface area (Å²) in [5.74, 6) is -1.74. The molecule has 0 aliphatic carbocycles. The van der Waals surface area contributed by atoms with Gasteiger partial charge < -0.3 is 9.84 Å². The highest BCUT2D eigenvalue weighted by Gasteiger charge is 2.30. The molecule has 0 atom stereocenters. The molecule has 1 aromatic rings. The minimum atomic E-state index is -1.07. The molecular formula is C14H12N2O5S. The highest BCUT2D eigenvalue weighted by molar-refractivity contribution is 7.80. The molecule has 0 radical (unpaired) electrons. The second-order valence-electron chi connectivity index (χ2n) is 4.43. The summed E-state index contributed by atoms with van der Waals surface area (Å²) in [6.45, 7) is -0.441. The molecule has 114 valence electrons. The number of benzene rings is 1. The number of amides is 2. The third-order valence-electron chi connectivity index (χ3n) is 2.86. The fourth-order valence-electron chi connectivity index (χ4n) is 1.72. The summed E-state index contributed by atoms with van der Waals surface area (Å²) in [6.07, 6.45) is 1.43. The highest BCUT2D eigenvalue weighted by atomic mass is 32.1. The highest BCUT2D eigenvalue weighted by Crippen LogP contribution is 2.17. The number of hydrogen-bond donors (Lipinski definition) is 2. The van der Waals surface area contributed by atoms with Gasteiger partial charge in [0, 0.05) is 7.05 Å². The first-order valence-corrected chi connectivity index (χ1v) is 6.59. The third-order valence-corrected chi connectivity index (χ3v) is 3.23. The molecule has 1 fully saturated rings. The summed E-state index contributed by atoms with van der Waals surface area (Å²) >= 11 is 4.85. The van der Waals surface area contributed by atoms with E-state index in [-0.39, 0.29) is 10.7 Å². The maximum Gasteiger partial charge on any atom is 0.341 e. The molecule has 22 heavy (non-hydrogen) atoms. The predicted molar refractivity (Wildman–Crippen MR) is 81.1 cm³/mol. The lowest BCUT2D eigenvalue weighted by atomic mass is 10.1. The van der Waals surface area contributed by atoms with Crippen molar-refractivity contribution in [1.82, 2.24) is 10.2 Å². The van der Waals surface area contributed by atoms with Crippen LogP contribution in [0.2, 0.25) is 0 Å². The molecule has 0 unspecified atom stereocenters. The first-order chi connectivity index (χ1) is 10.4. The van der Waals surface area contributed by atoms with E-state index in [1.807, 2.05) is 0 Å². The van der Waals surface area contributed by atoms with Crippen LogP contribution in [0.3, 0.4) is 0 Å². The first-order valence-electron chi connectivity index (χ1n) is 6.18. The average Bonchev–Trinajstić information content (AvgIpc) is 2.48. The van der Waals surface area contributed by atoms with E-state index in [4.69, 9.17) is 22.1 Å². The second-order valence-corrected chi connectivity index (χ2v) is 4.82. The number of carbonyl (C=O) groups is 3. The summed E-state index contributed by atoms with van der Waals surface area (Å²) in [5, 5.41) is 11.0. The van der Waals surface area contributed by atoms with Gasteiger partial charge in [-0.05, 0) is 36.0 Å². The van der Waals surface area contributed by atoms with Crippen LogP contribution in [0.1, 0.15) is 5.56 Å². The number of carboxylic acid groups (broad SMARTS) is 1. The van der Waals surface area contributed by atoms with Crippen molar-refractivity contribution in [2.24, 2.45) is 0 Å². The Bertz CT molecular complexity index is 681. The Balaban J connectivity index is 2.18. The van der Waals surface area contributed by atoms with Crippen molar-refractivity contribution in [1.29, 1.82) is 0 Å². The minimum Gasteiger partial charge on any atom is -0.482 e. The van der Waals surface area contributed by atoms with Gasteiger partial charge in [0.1, 0.15) is 11.3 Å². The quantitative estimate of drug-likeness (QED) is 0.474. The van der Waals surface area contributed by atoms with Crippen LogP contribution in [0.5, 0.6) is 5.75 Å². The Labute approximate surface area is 131 Å². The number of rotatable bonds is 4. The van der Waals surface area contributed by atoms with Crippen LogP contribution < -0.4 is 10.1 Å². The van der Waals surface area contributed by atoms with Crippen molar-refractivity contribution in [3.8, 4) is 5.75 Å². The number of carboxylic acids is 1. The second kappa shape index (κ2) is 6.35. The van der Waals surface area contributed by atoms with Crippen LogP contribution in [0, 0.1) is 0 Å². The maximum absolute atomic E-state index is 12.0. The van der Waals surface area contributed by atoms with Crippen LogP contribution >= 0.6 is 12.2 Å². The van der Waals surface area contributed by atoms with Gasteiger partial charge in [-0.1, -0.05) is 12.1 Å². The smallest absolute Gasteiger partial charge is 0.341 e. The zero-order chi connectivity index (χ0) is 16.3. The molecule has 2 rings (SSSR count). The molecule has 0 bridgehead atoms. The summed E-state index contributed by atoms with van der Waals surface area (Å²) in [6, 6.07) is 6.32. The summed E-state index contributed by atoms with van der Waals surface area (Å²) < 4.78 is 4.99. The number of nitrogens with one attached hydrogen (secondary N) is 1. The van der Waals surface area contributed by atoms with Gasteiger partial charge in [-0.15, -0.1) is 0 Å². The van der Waals surface area contributed by atoms with E-state index in [0.29, 0.717) is 11.3 Å². The number of hydrogen-bond acceptors (Lipinski definition) is 5. The van der Waals surface area contributed by atoms with Gasteiger partial charge in [-0.2, -0.15) is 0 Å². The molecule has 0 saturated carbocycles. The summed E-state index contributed by atoms with van der Waals surface area (Å²) in [7, 11) is 1.47. The van der Waals surface area contributed by atoms with E-state index in [9.17, 15) is 14.4 Å². The number of likely N-dealkylation sites (N-methyl/N-ethyl adjacent to an activating group) is 1. The molecule has 1 aliphatic rings. The van der Waals surface area contributed by atoms with E-state index in [1.165, 1.54) is 18.0 Å². The standard InChI is InChI=1S/C14H12N2O5S/c1-16-13(20)10(12(19)15-14(16)22)6-8-2-4-9(5-3-8)21-7-11(17)18/h2-6H,7H2,1H3,(H,17,18)(H,15,19,22)/b10-6+. The van der Waals surface area contributed by atoms with Crippen molar-refractivity contribution in [2.75, 3.05) is 13.7 Å². The fraction of sp³-hybridized carbons (Fsp3) is 0.143. The SMILES string of the molecule is CN1C(=O)/C(=C/c2ccc(OCC(=O)O)cc2)C(=O)NC1=S. The van der Waals surface area contributed by atoms with Crippen molar-refractivity contribution >= 4 is 41.2 Å². The Kier molecular flexibility index (Phi) is 4.52. The van der Waals surface area contributed by atoms with Crippen molar-refractivity contribution in [3.63, 3.8) is 0 Å². The Hall–Kier alpha value is -2.74. The Morgan fingerprint density at radius 2 is 2.00 bits per heavy atom. The van der Waals surface area contributed by atoms with Crippen LogP contribution in [-0.2, 0) is 14.4 Å². The van der Waals surface area contributed by atoms with Crippen LogP contribution in [-0.4, -0.2) is 46.6 Å². The monoisotopic (exact) mass is 320 g/mol. The number of thiocarbonyl (C=S) groups is 1. The number of carbonyl (C=O) groups excluding carboxylic acids is 2. The molecule has 1 saturated heterocycles. The van der Waals surface area contributed by atoms with Crippen molar-refractivity contribution < 1.29 is 24.2 Å². The lowest BCUT2D eigenvalue weighted by Crippen LogP contribution is -2.52. The van der Waals surface area contributed by atoms with Gasteiger partial charge in [0.15, 0.2) is 11.7 Å². The molecule has 1 heterocycles. The van der Waals surface area contributed by atoms with Gasteiger partial charge in [0.05, 0.1) is 0 Å². The Morgan fingerprint density at radius 1 is 1.36 bits per heavy atom. The molecular weight excluding hydrogens is 308 g/mol. The summed E-state index contributed by atoms with van der Waals surface area (Å²) in [4.78, 5) is 35.4. The lowest BCUT2D eigenvalue weighted by molar-refractivity contribution is -0.139. The predicted octanol–water partition coefficient (Wildman–Crippen LogP) is 0.406. The topological polar surface area (TPSA) is 95.9 Å². The molecule has 1 aliphatic heterocycles. The summed E-state index contributed by atoms with van der Waals surface area (Å²) in [5.41, 5.74) is 0.567.